The van der Waals surface area contributed by atoms with Crippen LogP contribution in [0.4, 0.5) is 4.39 Å². The number of rotatable bonds is 5. The lowest BCUT2D eigenvalue weighted by molar-refractivity contribution is 0.131. The Morgan fingerprint density at radius 3 is 2.71 bits per heavy atom. The van der Waals surface area contributed by atoms with Crippen LogP contribution in [-0.4, -0.2) is 13.1 Å². The van der Waals surface area contributed by atoms with Crippen molar-refractivity contribution in [3.8, 4) is 0 Å². The number of halogens is 2. The third kappa shape index (κ3) is 3.08. The molecule has 1 nitrogen and oxygen atoms in total. The first kappa shape index (κ1) is 13.0. The van der Waals surface area contributed by atoms with Gasteiger partial charge in [-0.15, -0.1) is 0 Å². The van der Waals surface area contributed by atoms with Crippen LogP contribution in [0.1, 0.15) is 31.7 Å². The molecule has 1 saturated carbocycles. The van der Waals surface area contributed by atoms with Crippen LogP contribution < -0.4 is 5.32 Å². The lowest BCUT2D eigenvalue weighted by Gasteiger charge is -2.42. The summed E-state index contributed by atoms with van der Waals surface area (Å²) in [6.07, 6.45) is 4.95. The molecule has 1 aromatic rings. The summed E-state index contributed by atoms with van der Waals surface area (Å²) < 4.78 is 13.7. The number of hydrogen-bond donors (Lipinski definition) is 1. The molecule has 3 heteroatoms. The lowest BCUT2D eigenvalue weighted by Crippen LogP contribution is -2.41. The van der Waals surface area contributed by atoms with E-state index in [0.29, 0.717) is 9.89 Å². The van der Waals surface area contributed by atoms with Gasteiger partial charge in [-0.1, -0.05) is 19.4 Å². The van der Waals surface area contributed by atoms with Gasteiger partial charge in [0.2, 0.25) is 0 Å². The van der Waals surface area contributed by atoms with Gasteiger partial charge in [0, 0.05) is 6.54 Å². The van der Waals surface area contributed by atoms with Crippen molar-refractivity contribution in [2.45, 2.75) is 32.6 Å². The summed E-state index contributed by atoms with van der Waals surface area (Å²) in [7, 11) is 0. The monoisotopic (exact) mass is 299 g/mol. The molecule has 0 heterocycles. The average Bonchev–Trinajstić information content (AvgIpc) is 2.27. The Morgan fingerprint density at radius 2 is 2.18 bits per heavy atom. The molecule has 0 aromatic heterocycles. The largest absolute Gasteiger partial charge is 0.316 e. The van der Waals surface area contributed by atoms with Gasteiger partial charge in [-0.05, 0) is 64.8 Å². The fourth-order valence-electron chi connectivity index (χ4n) is 2.57. The fraction of sp³-hybridized carbons (Fsp3) is 0.571. The van der Waals surface area contributed by atoms with Crippen LogP contribution in [0.15, 0.2) is 22.7 Å². The fourth-order valence-corrected chi connectivity index (χ4v) is 2.99. The van der Waals surface area contributed by atoms with Gasteiger partial charge < -0.3 is 5.32 Å². The first-order valence-corrected chi connectivity index (χ1v) is 7.09. The van der Waals surface area contributed by atoms with Gasteiger partial charge in [0.25, 0.3) is 0 Å². The summed E-state index contributed by atoms with van der Waals surface area (Å²) in [5.41, 5.74) is 1.64. The summed E-state index contributed by atoms with van der Waals surface area (Å²) in [4.78, 5) is 0. The number of benzene rings is 1. The molecule has 0 spiro atoms. The molecule has 94 valence electrons. The van der Waals surface area contributed by atoms with Gasteiger partial charge in [-0.25, -0.2) is 4.39 Å². The highest BCUT2D eigenvalue weighted by Gasteiger charge is 2.36. The molecule has 17 heavy (non-hydrogen) atoms. The van der Waals surface area contributed by atoms with Crippen molar-refractivity contribution in [3.05, 3.63) is 34.1 Å². The van der Waals surface area contributed by atoms with Gasteiger partial charge in [0.15, 0.2) is 0 Å². The van der Waals surface area contributed by atoms with Crippen molar-refractivity contribution in [1.82, 2.24) is 5.32 Å². The van der Waals surface area contributed by atoms with Crippen LogP contribution in [0.3, 0.4) is 0 Å². The van der Waals surface area contributed by atoms with Crippen molar-refractivity contribution >= 4 is 15.9 Å². The Bertz CT molecular complexity index is 388. The van der Waals surface area contributed by atoms with Gasteiger partial charge in [-0.2, -0.15) is 0 Å². The molecular formula is C14H19BrFN. The van der Waals surface area contributed by atoms with Crippen molar-refractivity contribution in [2.24, 2.45) is 5.41 Å². The molecule has 0 radical (unpaired) electrons. The topological polar surface area (TPSA) is 12.0 Å². The van der Waals surface area contributed by atoms with Gasteiger partial charge in [0.1, 0.15) is 5.82 Å². The van der Waals surface area contributed by atoms with Gasteiger partial charge in [0.05, 0.1) is 4.47 Å². The molecule has 2 rings (SSSR count). The van der Waals surface area contributed by atoms with E-state index in [0.717, 1.165) is 19.5 Å². The first-order valence-electron chi connectivity index (χ1n) is 6.30. The van der Waals surface area contributed by atoms with Crippen molar-refractivity contribution < 1.29 is 4.39 Å². The Kier molecular flexibility index (Phi) is 4.21. The summed E-state index contributed by atoms with van der Waals surface area (Å²) >= 11 is 3.26. The minimum atomic E-state index is -0.178. The molecule has 0 aliphatic heterocycles. The Balaban J connectivity index is 2.05. The second kappa shape index (κ2) is 5.49. The van der Waals surface area contributed by atoms with E-state index in [1.54, 1.807) is 6.07 Å². The van der Waals surface area contributed by atoms with Crippen molar-refractivity contribution in [3.63, 3.8) is 0 Å². The van der Waals surface area contributed by atoms with Gasteiger partial charge in [-0.3, -0.25) is 0 Å². The Hall–Kier alpha value is -0.410. The van der Waals surface area contributed by atoms with E-state index in [1.807, 2.05) is 12.1 Å². The molecule has 1 aliphatic carbocycles. The zero-order chi connectivity index (χ0) is 12.3. The third-order valence-corrected chi connectivity index (χ3v) is 4.34. The molecule has 0 bridgehead atoms. The molecular weight excluding hydrogens is 281 g/mol. The van der Waals surface area contributed by atoms with Crippen LogP contribution in [-0.2, 0) is 6.42 Å². The van der Waals surface area contributed by atoms with Crippen LogP contribution in [0, 0.1) is 11.2 Å². The molecule has 0 atom stereocenters. The minimum absolute atomic E-state index is 0.178. The highest BCUT2D eigenvalue weighted by Crippen LogP contribution is 2.43. The highest BCUT2D eigenvalue weighted by molar-refractivity contribution is 9.10. The zero-order valence-corrected chi connectivity index (χ0v) is 11.8. The third-order valence-electron chi connectivity index (χ3n) is 3.73. The van der Waals surface area contributed by atoms with Crippen molar-refractivity contribution in [1.29, 1.82) is 0 Å². The number of nitrogens with one attached hydrogen (secondary N) is 1. The van der Waals surface area contributed by atoms with Crippen LogP contribution in [0.2, 0.25) is 0 Å². The summed E-state index contributed by atoms with van der Waals surface area (Å²) in [6, 6.07) is 5.38. The van der Waals surface area contributed by atoms with Crippen LogP contribution in [0.25, 0.3) is 0 Å². The van der Waals surface area contributed by atoms with Crippen molar-refractivity contribution in [2.75, 3.05) is 13.1 Å². The maximum Gasteiger partial charge on any atom is 0.137 e. The first-order chi connectivity index (χ1) is 8.15. The van der Waals surface area contributed by atoms with E-state index in [4.69, 9.17) is 0 Å². The molecule has 1 N–H and O–H groups in total. The Labute approximate surface area is 111 Å². The maximum atomic E-state index is 13.2. The molecule has 0 saturated heterocycles. The predicted molar refractivity (Wildman–Crippen MR) is 72.6 cm³/mol. The second-order valence-electron chi connectivity index (χ2n) is 5.06. The standard InChI is InChI=1S/C14H19BrFN/c1-2-17-10-14(6-3-7-14)9-11-4-5-13(16)12(15)8-11/h4-5,8,17H,2-3,6-7,9-10H2,1H3. The van der Waals surface area contributed by atoms with E-state index in [9.17, 15) is 4.39 Å². The van der Waals surface area contributed by atoms with E-state index in [-0.39, 0.29) is 5.82 Å². The molecule has 0 unspecified atom stereocenters. The highest BCUT2D eigenvalue weighted by atomic mass is 79.9. The molecule has 1 aromatic carbocycles. The van der Waals surface area contributed by atoms with Crippen LogP contribution >= 0.6 is 15.9 Å². The minimum Gasteiger partial charge on any atom is -0.316 e. The van der Waals surface area contributed by atoms with Gasteiger partial charge >= 0.3 is 0 Å². The summed E-state index contributed by atoms with van der Waals surface area (Å²) in [5.74, 6) is -0.178. The van der Waals surface area contributed by atoms with E-state index in [2.05, 4.69) is 28.2 Å². The second-order valence-corrected chi connectivity index (χ2v) is 5.91. The Morgan fingerprint density at radius 1 is 1.41 bits per heavy atom. The zero-order valence-electron chi connectivity index (χ0n) is 10.2. The number of hydrogen-bond acceptors (Lipinski definition) is 1. The van der Waals surface area contributed by atoms with E-state index >= 15 is 0 Å². The summed E-state index contributed by atoms with van der Waals surface area (Å²) in [5, 5.41) is 3.45. The smallest absolute Gasteiger partial charge is 0.137 e. The quantitative estimate of drug-likeness (QED) is 0.869. The summed E-state index contributed by atoms with van der Waals surface area (Å²) in [6.45, 7) is 4.24. The lowest BCUT2D eigenvalue weighted by atomic mass is 9.65. The SMILES string of the molecule is CCNCC1(Cc2ccc(F)c(Br)c2)CCC1. The normalized spacial score (nSPS) is 17.8. The molecule has 1 aliphatic rings. The predicted octanol–water partition coefficient (Wildman–Crippen LogP) is 3.91. The van der Waals surface area contributed by atoms with E-state index < -0.39 is 0 Å². The molecule has 0 amide bonds. The van der Waals surface area contributed by atoms with E-state index in [1.165, 1.54) is 24.8 Å². The molecule has 1 fully saturated rings. The maximum absolute atomic E-state index is 13.2. The van der Waals surface area contributed by atoms with Crippen LogP contribution in [0.5, 0.6) is 0 Å². The average molecular weight is 300 g/mol.